The second kappa shape index (κ2) is 5.17. The molecular weight excluding hydrogens is 226 g/mol. The van der Waals surface area contributed by atoms with Crippen molar-refractivity contribution in [1.82, 2.24) is 15.1 Å². The lowest BCUT2D eigenvalue weighted by Crippen LogP contribution is -2.43. The Morgan fingerprint density at radius 1 is 1.17 bits per heavy atom. The Labute approximate surface area is 110 Å². The maximum atomic E-state index is 12.6. The molecule has 0 aromatic rings. The van der Waals surface area contributed by atoms with Gasteiger partial charge in [0.25, 0.3) is 0 Å². The number of nitrogens with zero attached hydrogens (tertiary/aromatic N) is 2. The second-order valence-corrected chi connectivity index (χ2v) is 6.21. The monoisotopic (exact) mass is 251 g/mol. The Hall–Kier alpha value is -0.610. The molecule has 4 nitrogen and oxygen atoms in total. The first-order chi connectivity index (χ1) is 8.75. The molecule has 1 unspecified atom stereocenters. The highest BCUT2D eigenvalue weighted by Crippen LogP contribution is 2.24. The van der Waals surface area contributed by atoms with Crippen LogP contribution in [-0.2, 0) is 4.79 Å². The lowest BCUT2D eigenvalue weighted by molar-refractivity contribution is -0.136. The average Bonchev–Trinajstić information content (AvgIpc) is 2.93. The Balaban J connectivity index is 1.65. The van der Waals surface area contributed by atoms with Crippen molar-refractivity contribution >= 4 is 5.91 Å². The predicted molar refractivity (Wildman–Crippen MR) is 71.3 cm³/mol. The van der Waals surface area contributed by atoms with Gasteiger partial charge in [-0.15, -0.1) is 0 Å². The lowest BCUT2D eigenvalue weighted by Gasteiger charge is -2.28. The minimum absolute atomic E-state index is 0.220. The van der Waals surface area contributed by atoms with E-state index in [0.29, 0.717) is 17.9 Å². The van der Waals surface area contributed by atoms with E-state index in [1.165, 1.54) is 25.9 Å². The molecule has 0 aromatic heterocycles. The lowest BCUT2D eigenvalue weighted by atomic mass is 9.96. The van der Waals surface area contributed by atoms with Crippen molar-refractivity contribution in [2.24, 2.45) is 11.8 Å². The van der Waals surface area contributed by atoms with Gasteiger partial charge in [-0.05, 0) is 38.3 Å². The van der Waals surface area contributed by atoms with Crippen LogP contribution in [-0.4, -0.2) is 61.0 Å². The molecule has 1 amide bonds. The molecule has 0 aromatic carbocycles. The van der Waals surface area contributed by atoms with Crippen molar-refractivity contribution in [2.45, 2.75) is 32.2 Å². The number of carbonyl (C=O) groups excluding carboxylic acids is 1. The van der Waals surface area contributed by atoms with E-state index in [2.05, 4.69) is 22.0 Å². The smallest absolute Gasteiger partial charge is 0.227 e. The van der Waals surface area contributed by atoms with Gasteiger partial charge >= 0.3 is 0 Å². The fourth-order valence-electron chi connectivity index (χ4n) is 3.78. The predicted octanol–water partition coefficient (Wildman–Crippen LogP) is 0.539. The first kappa shape index (κ1) is 12.4. The molecule has 4 heteroatoms. The van der Waals surface area contributed by atoms with Crippen LogP contribution < -0.4 is 5.32 Å². The number of fused-ring (bicyclic) bond motifs is 1. The fourth-order valence-corrected chi connectivity index (χ4v) is 3.78. The van der Waals surface area contributed by atoms with E-state index < -0.39 is 0 Å². The normalized spacial score (nSPS) is 37.6. The van der Waals surface area contributed by atoms with E-state index >= 15 is 0 Å². The minimum atomic E-state index is 0.220. The van der Waals surface area contributed by atoms with Gasteiger partial charge in [0.1, 0.15) is 0 Å². The van der Waals surface area contributed by atoms with Crippen LogP contribution in [0.5, 0.6) is 0 Å². The molecule has 3 atom stereocenters. The summed E-state index contributed by atoms with van der Waals surface area (Å²) in [5, 5.41) is 3.35. The zero-order valence-electron chi connectivity index (χ0n) is 11.4. The van der Waals surface area contributed by atoms with Crippen molar-refractivity contribution in [1.29, 1.82) is 0 Å². The fraction of sp³-hybridized carbons (Fsp3) is 0.929. The van der Waals surface area contributed by atoms with Gasteiger partial charge in [0, 0.05) is 32.2 Å². The maximum absolute atomic E-state index is 12.6. The number of rotatable bonds is 1. The molecule has 0 aliphatic carbocycles. The molecule has 0 spiro atoms. The van der Waals surface area contributed by atoms with Gasteiger partial charge in [-0.3, -0.25) is 9.69 Å². The molecule has 3 aliphatic heterocycles. The van der Waals surface area contributed by atoms with Crippen molar-refractivity contribution in [2.75, 3.05) is 39.3 Å². The second-order valence-electron chi connectivity index (χ2n) is 6.21. The quantitative estimate of drug-likeness (QED) is 0.739. The third-order valence-electron chi connectivity index (χ3n) is 4.95. The zero-order valence-corrected chi connectivity index (χ0v) is 11.4. The number of carbonyl (C=O) groups is 1. The van der Waals surface area contributed by atoms with Gasteiger partial charge in [0.15, 0.2) is 0 Å². The molecule has 0 radical (unpaired) electrons. The van der Waals surface area contributed by atoms with Gasteiger partial charge in [-0.25, -0.2) is 0 Å². The molecule has 3 heterocycles. The molecule has 3 saturated heterocycles. The SMILES string of the molecule is C[C@@H]1CNC[C@H]1C(=O)N1CCCN2CCCC2C1. The van der Waals surface area contributed by atoms with Crippen molar-refractivity contribution < 1.29 is 4.79 Å². The van der Waals surface area contributed by atoms with Crippen LogP contribution in [0, 0.1) is 11.8 Å². The Morgan fingerprint density at radius 3 is 2.78 bits per heavy atom. The molecule has 1 N–H and O–H groups in total. The van der Waals surface area contributed by atoms with E-state index in [9.17, 15) is 4.79 Å². The number of nitrogens with one attached hydrogen (secondary N) is 1. The highest BCUT2D eigenvalue weighted by atomic mass is 16.2. The first-order valence-electron chi connectivity index (χ1n) is 7.49. The molecule has 18 heavy (non-hydrogen) atoms. The van der Waals surface area contributed by atoms with Crippen LogP contribution in [0.1, 0.15) is 26.2 Å². The molecule has 102 valence electrons. The molecule has 0 saturated carbocycles. The molecule has 3 fully saturated rings. The number of amides is 1. The van der Waals surface area contributed by atoms with Gasteiger partial charge in [0.2, 0.25) is 5.91 Å². The number of hydrogen-bond acceptors (Lipinski definition) is 3. The molecule has 3 rings (SSSR count). The third kappa shape index (κ3) is 2.28. The molecule has 3 aliphatic rings. The first-order valence-corrected chi connectivity index (χ1v) is 7.49. The van der Waals surface area contributed by atoms with E-state index in [1.807, 2.05) is 0 Å². The third-order valence-corrected chi connectivity index (χ3v) is 4.95. The van der Waals surface area contributed by atoms with Gasteiger partial charge in [-0.1, -0.05) is 6.92 Å². The Morgan fingerprint density at radius 2 is 2.00 bits per heavy atom. The summed E-state index contributed by atoms with van der Waals surface area (Å²) in [6, 6.07) is 0.640. The van der Waals surface area contributed by atoms with E-state index in [0.717, 1.165) is 32.6 Å². The van der Waals surface area contributed by atoms with E-state index in [1.54, 1.807) is 0 Å². The summed E-state index contributed by atoms with van der Waals surface area (Å²) in [6.07, 6.45) is 3.74. The van der Waals surface area contributed by atoms with Crippen LogP contribution in [0.2, 0.25) is 0 Å². The highest BCUT2D eigenvalue weighted by molar-refractivity contribution is 5.79. The molecule has 0 bridgehead atoms. The van der Waals surface area contributed by atoms with Crippen molar-refractivity contribution in [3.05, 3.63) is 0 Å². The van der Waals surface area contributed by atoms with Crippen LogP contribution in [0.15, 0.2) is 0 Å². The standard InChI is InChI=1S/C14H25N3O/c1-11-8-15-9-13(11)14(18)17-7-3-6-16-5-2-4-12(16)10-17/h11-13,15H,2-10H2,1H3/t11-,12?,13-/m1/s1. The summed E-state index contributed by atoms with van der Waals surface area (Å²) >= 11 is 0. The van der Waals surface area contributed by atoms with Crippen molar-refractivity contribution in [3.8, 4) is 0 Å². The largest absolute Gasteiger partial charge is 0.341 e. The van der Waals surface area contributed by atoms with Crippen LogP contribution in [0.4, 0.5) is 0 Å². The summed E-state index contributed by atoms with van der Waals surface area (Å²) in [5.41, 5.74) is 0. The molecular formula is C14H25N3O. The highest BCUT2D eigenvalue weighted by Gasteiger charge is 2.36. The van der Waals surface area contributed by atoms with Crippen LogP contribution in [0.3, 0.4) is 0 Å². The minimum Gasteiger partial charge on any atom is -0.341 e. The van der Waals surface area contributed by atoms with Gasteiger partial charge in [0.05, 0.1) is 5.92 Å². The van der Waals surface area contributed by atoms with Crippen molar-refractivity contribution in [3.63, 3.8) is 0 Å². The summed E-state index contributed by atoms with van der Waals surface area (Å²) in [7, 11) is 0. The van der Waals surface area contributed by atoms with E-state index in [-0.39, 0.29) is 5.92 Å². The zero-order chi connectivity index (χ0) is 12.5. The summed E-state index contributed by atoms with van der Waals surface area (Å²) in [4.78, 5) is 17.4. The Kier molecular flexibility index (Phi) is 3.57. The maximum Gasteiger partial charge on any atom is 0.227 e. The summed E-state index contributed by atoms with van der Waals surface area (Å²) < 4.78 is 0. The average molecular weight is 251 g/mol. The Bertz CT molecular complexity index is 320. The van der Waals surface area contributed by atoms with Crippen LogP contribution in [0.25, 0.3) is 0 Å². The van der Waals surface area contributed by atoms with Gasteiger partial charge < -0.3 is 10.2 Å². The summed E-state index contributed by atoms with van der Waals surface area (Å²) in [5.74, 6) is 1.12. The number of hydrogen-bond donors (Lipinski definition) is 1. The summed E-state index contributed by atoms with van der Waals surface area (Å²) in [6.45, 7) is 8.45. The van der Waals surface area contributed by atoms with Crippen LogP contribution >= 0.6 is 0 Å². The topological polar surface area (TPSA) is 35.6 Å². The van der Waals surface area contributed by atoms with E-state index in [4.69, 9.17) is 0 Å². The van der Waals surface area contributed by atoms with Gasteiger partial charge in [-0.2, -0.15) is 0 Å².